The lowest BCUT2D eigenvalue weighted by Crippen LogP contribution is -2.34. The third-order valence-corrected chi connectivity index (χ3v) is 5.64. The topological polar surface area (TPSA) is 68.9 Å². The van der Waals surface area contributed by atoms with E-state index in [0.717, 1.165) is 22.7 Å². The molecule has 0 saturated heterocycles. The predicted octanol–water partition coefficient (Wildman–Crippen LogP) is 3.51. The van der Waals surface area contributed by atoms with Crippen LogP contribution in [-0.4, -0.2) is 26.8 Å². The van der Waals surface area contributed by atoms with Crippen LogP contribution in [0.25, 0.3) is 21.8 Å². The van der Waals surface area contributed by atoms with Gasteiger partial charge in [0.1, 0.15) is 11.6 Å². The average molecular weight is 402 g/mol. The fourth-order valence-corrected chi connectivity index (χ4v) is 4.00. The summed E-state index contributed by atoms with van der Waals surface area (Å²) in [6.07, 6.45) is 3.05. The number of amides is 1. The zero-order valence-corrected chi connectivity index (χ0v) is 17.6. The molecule has 2 heterocycles. The highest BCUT2D eigenvalue weighted by molar-refractivity contribution is 6.08. The van der Waals surface area contributed by atoms with Crippen LogP contribution in [0.4, 0.5) is 0 Å². The number of carbonyl (C=O) groups is 1. The Hall–Kier alpha value is -3.41. The molecule has 4 aromatic rings. The number of hydrogen-bond acceptors (Lipinski definition) is 3. The molecule has 0 aliphatic carbocycles. The zero-order chi connectivity index (χ0) is 21.3. The van der Waals surface area contributed by atoms with Crippen LogP contribution in [0.15, 0.2) is 59.5 Å². The Morgan fingerprint density at radius 3 is 2.57 bits per heavy atom. The number of carbonyl (C=O) groups excluding carboxylic acids is 1. The monoisotopic (exact) mass is 402 g/mol. The van der Waals surface area contributed by atoms with Gasteiger partial charge < -0.3 is 9.88 Å². The largest absolute Gasteiger partial charge is 0.354 e. The van der Waals surface area contributed by atoms with Gasteiger partial charge in [0.2, 0.25) is 5.91 Å². The number of benzene rings is 2. The van der Waals surface area contributed by atoms with Gasteiger partial charge in [-0.3, -0.25) is 9.59 Å². The highest BCUT2D eigenvalue weighted by atomic mass is 16.2. The summed E-state index contributed by atoms with van der Waals surface area (Å²) in [7, 11) is 1.63. The molecule has 30 heavy (non-hydrogen) atoms. The first-order valence-corrected chi connectivity index (χ1v) is 10.3. The van der Waals surface area contributed by atoms with Gasteiger partial charge in [-0.15, -0.1) is 0 Å². The minimum atomic E-state index is -0.472. The van der Waals surface area contributed by atoms with E-state index < -0.39 is 6.04 Å². The van der Waals surface area contributed by atoms with E-state index in [-0.39, 0.29) is 11.5 Å². The quantitative estimate of drug-likeness (QED) is 0.537. The van der Waals surface area contributed by atoms with Crippen LogP contribution in [0.1, 0.15) is 30.5 Å². The molecular formula is C24H26N4O2. The van der Waals surface area contributed by atoms with E-state index in [1.807, 2.05) is 35.8 Å². The molecule has 6 heteroatoms. The third kappa shape index (κ3) is 3.49. The summed E-state index contributed by atoms with van der Waals surface area (Å²) < 4.78 is 3.20. The van der Waals surface area contributed by atoms with E-state index >= 15 is 0 Å². The molecule has 1 atom stereocenters. The molecule has 0 spiro atoms. The molecule has 0 radical (unpaired) electrons. The van der Waals surface area contributed by atoms with Crippen molar-refractivity contribution in [2.75, 3.05) is 6.54 Å². The summed E-state index contributed by atoms with van der Waals surface area (Å²) in [6.45, 7) is 4.58. The second-order valence-corrected chi connectivity index (χ2v) is 7.67. The first kappa shape index (κ1) is 19.9. The molecule has 0 aliphatic rings. The number of rotatable bonds is 6. The lowest BCUT2D eigenvalue weighted by Gasteiger charge is -2.19. The standard InChI is InChI=1S/C24H26N4O2/c1-4-20(23(29)25-14-13-17-11-9-16(2)10-12-17)28-21-8-6-5-7-18(21)19-15-26-27(3)24(30)22(19)28/h5-12,15,20H,4,13-14H2,1-3H3,(H,25,29)/t20-/m1/s1. The van der Waals surface area contributed by atoms with Gasteiger partial charge in [-0.25, -0.2) is 4.68 Å². The van der Waals surface area contributed by atoms with Gasteiger partial charge in [-0.1, -0.05) is 55.0 Å². The maximum absolute atomic E-state index is 13.1. The van der Waals surface area contributed by atoms with Crippen LogP contribution in [-0.2, 0) is 18.3 Å². The van der Waals surface area contributed by atoms with Gasteiger partial charge in [0.25, 0.3) is 5.56 Å². The molecule has 1 N–H and O–H groups in total. The summed E-state index contributed by atoms with van der Waals surface area (Å²) in [5.74, 6) is -0.0777. The van der Waals surface area contributed by atoms with Crippen LogP contribution < -0.4 is 10.9 Å². The summed E-state index contributed by atoms with van der Waals surface area (Å²) in [4.78, 5) is 26.1. The van der Waals surface area contributed by atoms with Crippen molar-refractivity contribution in [1.29, 1.82) is 0 Å². The van der Waals surface area contributed by atoms with Crippen molar-refractivity contribution in [1.82, 2.24) is 19.7 Å². The third-order valence-electron chi connectivity index (χ3n) is 5.64. The summed E-state index contributed by atoms with van der Waals surface area (Å²) in [5.41, 5.74) is 3.60. The number of aryl methyl sites for hydroxylation is 2. The second kappa shape index (κ2) is 8.14. The lowest BCUT2D eigenvalue weighted by atomic mass is 10.1. The molecule has 0 saturated carbocycles. The Bertz CT molecular complexity index is 1270. The van der Waals surface area contributed by atoms with E-state index in [9.17, 15) is 9.59 Å². The van der Waals surface area contributed by atoms with Crippen molar-refractivity contribution in [2.45, 2.75) is 32.7 Å². The van der Waals surface area contributed by atoms with Crippen LogP contribution in [0.2, 0.25) is 0 Å². The maximum Gasteiger partial charge on any atom is 0.291 e. The minimum Gasteiger partial charge on any atom is -0.354 e. The number of fused-ring (bicyclic) bond motifs is 3. The predicted molar refractivity (Wildman–Crippen MR) is 120 cm³/mol. The minimum absolute atomic E-state index is 0.0777. The molecule has 2 aromatic carbocycles. The Labute approximate surface area is 175 Å². The van der Waals surface area contributed by atoms with E-state index in [0.29, 0.717) is 18.5 Å². The molecule has 0 aliphatic heterocycles. The summed E-state index contributed by atoms with van der Waals surface area (Å²) in [5, 5.41) is 8.96. The van der Waals surface area contributed by atoms with Gasteiger partial charge in [-0.2, -0.15) is 5.10 Å². The number of hydrogen-bond donors (Lipinski definition) is 1. The van der Waals surface area contributed by atoms with Crippen molar-refractivity contribution in [2.24, 2.45) is 7.05 Å². The molecule has 1 amide bonds. The van der Waals surface area contributed by atoms with Gasteiger partial charge >= 0.3 is 0 Å². The number of para-hydroxylation sites is 1. The van der Waals surface area contributed by atoms with Crippen molar-refractivity contribution >= 4 is 27.7 Å². The van der Waals surface area contributed by atoms with E-state index in [1.165, 1.54) is 15.8 Å². The number of aromatic nitrogens is 3. The lowest BCUT2D eigenvalue weighted by molar-refractivity contribution is -0.124. The van der Waals surface area contributed by atoms with Crippen LogP contribution in [0.5, 0.6) is 0 Å². The Kier molecular flexibility index (Phi) is 5.40. The molecule has 4 rings (SSSR count). The maximum atomic E-state index is 13.1. The van der Waals surface area contributed by atoms with Crippen molar-refractivity contribution < 1.29 is 4.79 Å². The van der Waals surface area contributed by atoms with Crippen LogP contribution in [0, 0.1) is 6.92 Å². The Morgan fingerprint density at radius 1 is 1.10 bits per heavy atom. The van der Waals surface area contributed by atoms with E-state index in [4.69, 9.17) is 0 Å². The Balaban J connectivity index is 1.68. The average Bonchev–Trinajstić information content (AvgIpc) is 3.08. The first-order chi connectivity index (χ1) is 14.5. The molecule has 0 fully saturated rings. The van der Waals surface area contributed by atoms with E-state index in [1.54, 1.807) is 13.2 Å². The fourth-order valence-electron chi connectivity index (χ4n) is 4.00. The van der Waals surface area contributed by atoms with Crippen molar-refractivity contribution in [3.63, 3.8) is 0 Å². The molecule has 154 valence electrons. The summed E-state index contributed by atoms with van der Waals surface area (Å²) in [6, 6.07) is 15.6. The number of nitrogens with one attached hydrogen (secondary N) is 1. The van der Waals surface area contributed by atoms with E-state index in [2.05, 4.69) is 41.6 Å². The SMILES string of the molecule is CC[C@H](C(=O)NCCc1ccc(C)cc1)n1c2ccccc2c2cnn(C)c(=O)c21. The highest BCUT2D eigenvalue weighted by Crippen LogP contribution is 2.30. The second-order valence-electron chi connectivity index (χ2n) is 7.67. The first-order valence-electron chi connectivity index (χ1n) is 10.3. The van der Waals surface area contributed by atoms with Crippen LogP contribution in [0.3, 0.4) is 0 Å². The highest BCUT2D eigenvalue weighted by Gasteiger charge is 2.25. The van der Waals surface area contributed by atoms with Crippen molar-refractivity contribution in [3.05, 3.63) is 76.2 Å². The van der Waals surface area contributed by atoms with Gasteiger partial charge in [0, 0.05) is 24.4 Å². The molecule has 2 aromatic heterocycles. The molecule has 0 bridgehead atoms. The normalized spacial score (nSPS) is 12.4. The smallest absolute Gasteiger partial charge is 0.291 e. The molecular weight excluding hydrogens is 376 g/mol. The summed E-state index contributed by atoms with van der Waals surface area (Å²) >= 11 is 0. The van der Waals surface area contributed by atoms with Gasteiger partial charge in [0.15, 0.2) is 0 Å². The van der Waals surface area contributed by atoms with Crippen molar-refractivity contribution in [3.8, 4) is 0 Å². The van der Waals surface area contributed by atoms with Crippen LogP contribution >= 0.6 is 0 Å². The zero-order valence-electron chi connectivity index (χ0n) is 17.6. The molecule has 0 unspecified atom stereocenters. The fraction of sp³-hybridized carbons (Fsp3) is 0.292. The van der Waals surface area contributed by atoms with Gasteiger partial charge in [0.05, 0.1) is 11.7 Å². The Morgan fingerprint density at radius 2 is 1.83 bits per heavy atom. The van der Waals surface area contributed by atoms with Gasteiger partial charge in [-0.05, 0) is 31.4 Å². The number of nitrogens with zero attached hydrogens (tertiary/aromatic N) is 3. The molecule has 6 nitrogen and oxygen atoms in total.